The molecule has 1 heterocycles. The summed E-state index contributed by atoms with van der Waals surface area (Å²) in [5.74, 6) is -0.137. The first kappa shape index (κ1) is 13.1. The van der Waals surface area contributed by atoms with Crippen LogP contribution < -0.4 is 0 Å². The number of benzene rings is 2. The van der Waals surface area contributed by atoms with Gasteiger partial charge in [0.25, 0.3) is 0 Å². The van der Waals surface area contributed by atoms with Crippen LogP contribution in [0.4, 0.5) is 0 Å². The number of aromatic amines is 1. The molecule has 3 rings (SSSR count). The Bertz CT molecular complexity index is 763. The van der Waals surface area contributed by atoms with Gasteiger partial charge >= 0.3 is 0 Å². The molecular formula is C17H14N2O2. The summed E-state index contributed by atoms with van der Waals surface area (Å²) in [4.78, 5) is 12.2. The summed E-state index contributed by atoms with van der Waals surface area (Å²) in [5, 5.41) is 16.8. The highest BCUT2D eigenvalue weighted by molar-refractivity contribution is 5.99. The molecule has 0 aliphatic rings. The van der Waals surface area contributed by atoms with Crippen molar-refractivity contribution in [3.05, 3.63) is 71.9 Å². The number of Topliss-reactive ketones (excluding diaryl/α,β-unsaturated/α-hetero) is 1. The van der Waals surface area contributed by atoms with Gasteiger partial charge in [-0.05, 0) is 18.2 Å². The standard InChI is InChI=1S/C17H14N2O2/c20-16-9-5-4-8-14(16)17(21)11-13-10-15(19-18-13)12-6-2-1-3-7-12/h1-10,20H,11H2,(H,18,19). The van der Waals surface area contributed by atoms with E-state index in [9.17, 15) is 9.90 Å². The van der Waals surface area contributed by atoms with Gasteiger partial charge < -0.3 is 5.11 Å². The van der Waals surface area contributed by atoms with E-state index in [2.05, 4.69) is 10.2 Å². The minimum atomic E-state index is -0.142. The summed E-state index contributed by atoms with van der Waals surface area (Å²) >= 11 is 0. The van der Waals surface area contributed by atoms with E-state index in [-0.39, 0.29) is 18.0 Å². The van der Waals surface area contributed by atoms with Crippen LogP contribution in [0.3, 0.4) is 0 Å². The molecule has 0 radical (unpaired) electrons. The topological polar surface area (TPSA) is 66.0 Å². The number of hydrogen-bond acceptors (Lipinski definition) is 3. The number of phenols is 1. The van der Waals surface area contributed by atoms with E-state index < -0.39 is 0 Å². The molecule has 21 heavy (non-hydrogen) atoms. The van der Waals surface area contributed by atoms with Crippen molar-refractivity contribution in [2.75, 3.05) is 0 Å². The van der Waals surface area contributed by atoms with Gasteiger partial charge in [-0.15, -0.1) is 0 Å². The van der Waals surface area contributed by atoms with E-state index in [0.717, 1.165) is 17.0 Å². The first-order valence-corrected chi connectivity index (χ1v) is 6.65. The predicted molar refractivity (Wildman–Crippen MR) is 80.2 cm³/mol. The monoisotopic (exact) mass is 278 g/mol. The van der Waals surface area contributed by atoms with E-state index >= 15 is 0 Å². The number of hydrogen-bond donors (Lipinski definition) is 2. The number of rotatable bonds is 4. The van der Waals surface area contributed by atoms with Crippen molar-refractivity contribution in [3.63, 3.8) is 0 Å². The zero-order chi connectivity index (χ0) is 14.7. The number of aromatic hydroxyl groups is 1. The summed E-state index contributed by atoms with van der Waals surface area (Å²) in [5.41, 5.74) is 2.85. The van der Waals surface area contributed by atoms with Crippen molar-refractivity contribution < 1.29 is 9.90 Å². The number of para-hydroxylation sites is 1. The molecule has 0 aliphatic heterocycles. The Morgan fingerprint density at radius 2 is 1.76 bits per heavy atom. The Hall–Kier alpha value is -2.88. The van der Waals surface area contributed by atoms with Crippen LogP contribution in [-0.4, -0.2) is 21.1 Å². The summed E-state index contributed by atoms with van der Waals surface area (Å²) in [6, 6.07) is 18.2. The summed E-state index contributed by atoms with van der Waals surface area (Å²) < 4.78 is 0. The van der Waals surface area contributed by atoms with Gasteiger partial charge in [0.15, 0.2) is 5.78 Å². The molecule has 2 aromatic carbocycles. The van der Waals surface area contributed by atoms with Gasteiger partial charge in [-0.3, -0.25) is 9.89 Å². The minimum absolute atomic E-state index is 0.00491. The average Bonchev–Trinajstić information content (AvgIpc) is 2.97. The molecule has 0 bridgehead atoms. The lowest BCUT2D eigenvalue weighted by Gasteiger charge is -2.01. The van der Waals surface area contributed by atoms with Crippen LogP contribution in [0.1, 0.15) is 16.1 Å². The van der Waals surface area contributed by atoms with E-state index in [0.29, 0.717) is 5.56 Å². The highest BCUT2D eigenvalue weighted by Crippen LogP contribution is 2.20. The highest BCUT2D eigenvalue weighted by Gasteiger charge is 2.13. The third-order valence-corrected chi connectivity index (χ3v) is 3.26. The number of phenolic OH excluding ortho intramolecular Hbond substituents is 1. The second-order valence-electron chi connectivity index (χ2n) is 4.76. The number of ketones is 1. The second-order valence-corrected chi connectivity index (χ2v) is 4.76. The van der Waals surface area contributed by atoms with Gasteiger partial charge in [0.05, 0.1) is 17.7 Å². The number of carbonyl (C=O) groups excluding carboxylic acids is 1. The van der Waals surface area contributed by atoms with Crippen LogP contribution in [0.15, 0.2) is 60.7 Å². The van der Waals surface area contributed by atoms with E-state index in [1.54, 1.807) is 18.2 Å². The zero-order valence-corrected chi connectivity index (χ0v) is 11.3. The molecule has 104 valence electrons. The zero-order valence-electron chi connectivity index (χ0n) is 11.3. The fourth-order valence-electron chi connectivity index (χ4n) is 2.19. The molecule has 0 unspecified atom stereocenters. The molecule has 4 nitrogen and oxygen atoms in total. The fourth-order valence-corrected chi connectivity index (χ4v) is 2.19. The van der Waals surface area contributed by atoms with E-state index in [4.69, 9.17) is 0 Å². The molecule has 0 aliphatic carbocycles. The molecule has 0 atom stereocenters. The molecule has 4 heteroatoms. The van der Waals surface area contributed by atoms with Gasteiger partial charge in [-0.2, -0.15) is 5.10 Å². The summed E-state index contributed by atoms with van der Waals surface area (Å²) in [6.07, 6.45) is 0.178. The van der Waals surface area contributed by atoms with E-state index in [1.807, 2.05) is 36.4 Å². The lowest BCUT2D eigenvalue weighted by atomic mass is 10.0. The number of H-pyrrole nitrogens is 1. The van der Waals surface area contributed by atoms with Crippen LogP contribution in [0.25, 0.3) is 11.3 Å². The van der Waals surface area contributed by atoms with Crippen LogP contribution in [0.5, 0.6) is 5.75 Å². The Morgan fingerprint density at radius 1 is 1.05 bits per heavy atom. The predicted octanol–water partition coefficient (Wildman–Crippen LogP) is 3.21. The van der Waals surface area contributed by atoms with Crippen LogP contribution in [0, 0.1) is 0 Å². The van der Waals surface area contributed by atoms with Gasteiger partial charge in [0.1, 0.15) is 5.75 Å². The molecule has 0 saturated heterocycles. The third kappa shape index (κ3) is 2.84. The van der Waals surface area contributed by atoms with Crippen molar-refractivity contribution in [1.82, 2.24) is 10.2 Å². The minimum Gasteiger partial charge on any atom is -0.507 e. The number of aromatic nitrogens is 2. The van der Waals surface area contributed by atoms with Crippen molar-refractivity contribution in [2.24, 2.45) is 0 Å². The third-order valence-electron chi connectivity index (χ3n) is 3.26. The number of nitrogens with zero attached hydrogens (tertiary/aromatic N) is 1. The van der Waals surface area contributed by atoms with Crippen molar-refractivity contribution in [1.29, 1.82) is 0 Å². The Kier molecular flexibility index (Phi) is 3.51. The smallest absolute Gasteiger partial charge is 0.172 e. The first-order chi connectivity index (χ1) is 10.2. The molecule has 0 saturated carbocycles. The Balaban J connectivity index is 1.79. The quantitative estimate of drug-likeness (QED) is 0.720. The largest absolute Gasteiger partial charge is 0.507 e. The van der Waals surface area contributed by atoms with Crippen LogP contribution in [-0.2, 0) is 6.42 Å². The fraction of sp³-hybridized carbons (Fsp3) is 0.0588. The molecular weight excluding hydrogens is 264 g/mol. The maximum absolute atomic E-state index is 12.2. The first-order valence-electron chi connectivity index (χ1n) is 6.65. The average molecular weight is 278 g/mol. The lowest BCUT2D eigenvalue weighted by Crippen LogP contribution is -2.04. The van der Waals surface area contributed by atoms with Crippen LogP contribution in [0.2, 0.25) is 0 Å². The van der Waals surface area contributed by atoms with Gasteiger partial charge in [0, 0.05) is 11.3 Å². The normalized spacial score (nSPS) is 10.5. The summed E-state index contributed by atoms with van der Waals surface area (Å²) in [6.45, 7) is 0. The molecule has 0 spiro atoms. The molecule has 1 aromatic heterocycles. The number of carbonyl (C=O) groups is 1. The maximum atomic E-state index is 12.2. The highest BCUT2D eigenvalue weighted by atomic mass is 16.3. The summed E-state index contributed by atoms with van der Waals surface area (Å²) in [7, 11) is 0. The van der Waals surface area contributed by atoms with Crippen molar-refractivity contribution in [2.45, 2.75) is 6.42 Å². The SMILES string of the molecule is O=C(Cc1cc(-c2ccccc2)n[nH]1)c1ccccc1O. The second kappa shape index (κ2) is 5.63. The molecule has 2 N–H and O–H groups in total. The lowest BCUT2D eigenvalue weighted by molar-refractivity contribution is 0.0989. The van der Waals surface area contributed by atoms with Crippen molar-refractivity contribution >= 4 is 5.78 Å². The van der Waals surface area contributed by atoms with Gasteiger partial charge in [-0.25, -0.2) is 0 Å². The van der Waals surface area contributed by atoms with Gasteiger partial charge in [-0.1, -0.05) is 42.5 Å². The van der Waals surface area contributed by atoms with Crippen LogP contribution >= 0.6 is 0 Å². The molecule has 0 amide bonds. The van der Waals surface area contributed by atoms with Gasteiger partial charge in [0.2, 0.25) is 0 Å². The Morgan fingerprint density at radius 3 is 2.52 bits per heavy atom. The molecule has 3 aromatic rings. The molecule has 0 fully saturated rings. The number of nitrogens with one attached hydrogen (secondary N) is 1. The van der Waals surface area contributed by atoms with E-state index in [1.165, 1.54) is 6.07 Å². The maximum Gasteiger partial charge on any atom is 0.172 e. The van der Waals surface area contributed by atoms with Crippen molar-refractivity contribution in [3.8, 4) is 17.0 Å². The Labute approximate surface area is 122 Å².